The zero-order valence-electron chi connectivity index (χ0n) is 64.0. The van der Waals surface area contributed by atoms with Crippen LogP contribution in [0.25, 0.3) is 22.7 Å². The van der Waals surface area contributed by atoms with Gasteiger partial charge in [0.05, 0.1) is 146 Å². The van der Waals surface area contributed by atoms with Gasteiger partial charge < -0.3 is 28.8 Å². The van der Waals surface area contributed by atoms with Crippen molar-refractivity contribution in [1.82, 2.24) is 58.1 Å². The Balaban J connectivity index is 0.000000136. The molecule has 0 unspecified atom stereocenters. The molecule has 4 aliphatic rings. The maximum atomic E-state index is 13.8. The first-order valence-corrected chi connectivity index (χ1v) is 40.1. The van der Waals surface area contributed by atoms with Crippen molar-refractivity contribution in [1.29, 1.82) is 0 Å². The predicted molar refractivity (Wildman–Crippen MR) is 448 cm³/mol. The van der Waals surface area contributed by atoms with E-state index in [0.717, 1.165) is 92.7 Å². The van der Waals surface area contributed by atoms with Crippen LogP contribution in [0.4, 0.5) is 8.78 Å². The van der Waals surface area contributed by atoms with Crippen LogP contribution in [0.15, 0.2) is 233 Å². The maximum absolute atomic E-state index is 13.8. The van der Waals surface area contributed by atoms with E-state index in [1.165, 1.54) is 39.2 Å². The molecule has 1 N–H and O–H groups in total. The van der Waals surface area contributed by atoms with Gasteiger partial charge >= 0.3 is 23.9 Å². The molecule has 0 amide bonds. The molecule has 0 saturated carbocycles. The average Bonchev–Trinajstić information content (AvgIpc) is 1.62. The summed E-state index contributed by atoms with van der Waals surface area (Å²) in [6.07, 6.45) is 13.3. The molecule has 8 aromatic heterocycles. The molecule has 4 atom stereocenters. The predicted octanol–water partition coefficient (Wildman–Crippen LogP) is 15.9. The van der Waals surface area contributed by atoms with Gasteiger partial charge in [0.25, 0.3) is 6.43 Å². The van der Waals surface area contributed by atoms with Crippen molar-refractivity contribution in [2.75, 3.05) is 35.5 Å². The summed E-state index contributed by atoms with van der Waals surface area (Å²) in [5, 5.41) is 9.89. The number of alkyl halides is 2. The van der Waals surface area contributed by atoms with Crippen LogP contribution in [0.3, 0.4) is 0 Å². The number of benzene rings is 4. The van der Waals surface area contributed by atoms with Crippen LogP contribution in [-0.4, -0.2) is 152 Å². The van der Waals surface area contributed by atoms with Gasteiger partial charge in [0.1, 0.15) is 58.9 Å². The van der Waals surface area contributed by atoms with Crippen molar-refractivity contribution in [3.8, 4) is 22.7 Å². The number of aliphatic hydroxyl groups excluding tert-OH is 1. The van der Waals surface area contributed by atoms with E-state index in [9.17, 15) is 37.9 Å². The Hall–Kier alpha value is -11.8. The van der Waals surface area contributed by atoms with Crippen LogP contribution in [0.5, 0.6) is 0 Å². The minimum atomic E-state index is -2.72. The lowest BCUT2D eigenvalue weighted by atomic mass is 10.0. The van der Waals surface area contributed by atoms with Crippen molar-refractivity contribution >= 4 is 117 Å². The fourth-order valence-corrected chi connectivity index (χ4v) is 15.4. The van der Waals surface area contributed by atoms with Crippen molar-refractivity contribution in [3.05, 3.63) is 304 Å². The lowest BCUT2D eigenvalue weighted by Crippen LogP contribution is -2.10. The zero-order valence-corrected chi connectivity index (χ0v) is 70.3. The summed E-state index contributed by atoms with van der Waals surface area (Å²) in [6.45, 7) is 0.246. The van der Waals surface area contributed by atoms with Gasteiger partial charge in [-0.3, -0.25) is 82.1 Å². The number of aliphatic imine (C=N–C) groups is 4. The molecule has 0 fully saturated rings. The Labute approximate surface area is 709 Å². The third kappa shape index (κ3) is 18.8. The van der Waals surface area contributed by atoms with Crippen LogP contribution in [0.1, 0.15) is 178 Å². The van der Waals surface area contributed by atoms with Crippen LogP contribution < -0.4 is 0 Å². The summed E-state index contributed by atoms with van der Waals surface area (Å²) in [5.41, 5.74) is 13.6. The van der Waals surface area contributed by atoms with E-state index in [1.807, 2.05) is 132 Å². The first-order chi connectivity index (χ1) is 57.3. The topological polar surface area (TPSA) is 324 Å². The van der Waals surface area contributed by atoms with Gasteiger partial charge in [-0.25, -0.2) is 28.7 Å². The van der Waals surface area contributed by atoms with E-state index < -0.39 is 30.5 Å². The van der Waals surface area contributed by atoms with Crippen molar-refractivity contribution in [2.24, 2.45) is 20.0 Å². The second kappa shape index (κ2) is 39.0. The Morgan fingerprint density at radius 1 is 0.407 bits per heavy atom. The normalized spacial score (nSPS) is 15.1. The number of aromatic nitrogens is 12. The molecule has 4 aromatic carbocycles. The molecule has 12 heterocycles. The minimum Gasteiger partial charge on any atom is -0.469 e. The highest BCUT2D eigenvalue weighted by Crippen LogP contribution is 2.41. The lowest BCUT2D eigenvalue weighted by molar-refractivity contribution is -0.141. The summed E-state index contributed by atoms with van der Waals surface area (Å²) in [6, 6.07) is 43.7. The number of aldehydes is 1. The fourth-order valence-electron chi connectivity index (χ4n) is 13.9. The average molecular weight is 1850 g/mol. The van der Waals surface area contributed by atoms with Gasteiger partial charge in [-0.15, -0.1) is 0 Å². The number of methoxy groups -OCH3 is 5. The zero-order chi connectivity index (χ0) is 83.1. The first kappa shape index (κ1) is 84.2. The molecule has 0 radical (unpaired) electrons. The number of pyridine rings is 4. The number of rotatable bonds is 21. The second-order valence-corrected chi connectivity index (χ2v) is 30.3. The maximum Gasteiger partial charge on any atom is 0.305 e. The van der Waals surface area contributed by atoms with E-state index >= 15 is 0 Å². The number of fused-ring (bicyclic) bond motifs is 12. The highest BCUT2D eigenvalue weighted by molar-refractivity contribution is 9.11. The van der Waals surface area contributed by atoms with E-state index in [2.05, 4.69) is 108 Å². The summed E-state index contributed by atoms with van der Waals surface area (Å²) in [7, 11) is 7.08. The first-order valence-electron chi connectivity index (χ1n) is 36.9. The summed E-state index contributed by atoms with van der Waals surface area (Å²) in [5.74, 6) is 1.09. The van der Waals surface area contributed by atoms with E-state index in [0.29, 0.717) is 94.5 Å². The number of ether oxygens (including phenoxy) is 5. The molecule has 118 heavy (non-hydrogen) atoms. The number of esters is 4. The van der Waals surface area contributed by atoms with E-state index in [1.54, 1.807) is 67.1 Å². The van der Waals surface area contributed by atoms with E-state index in [4.69, 9.17) is 43.7 Å². The summed E-state index contributed by atoms with van der Waals surface area (Å²) < 4.78 is 62.9. The van der Waals surface area contributed by atoms with Gasteiger partial charge in [-0.1, -0.05) is 88.0 Å². The van der Waals surface area contributed by atoms with E-state index in [-0.39, 0.29) is 68.4 Å². The van der Waals surface area contributed by atoms with Gasteiger partial charge in [-0.2, -0.15) is 0 Å². The molecule has 27 nitrogen and oxygen atoms in total. The molecular formula is C85H74Br4F2N16O11. The smallest absolute Gasteiger partial charge is 0.305 e. The van der Waals surface area contributed by atoms with Crippen LogP contribution in [0.2, 0.25) is 0 Å². The number of nitrogens with zero attached hydrogens (tertiary/aromatic N) is 16. The van der Waals surface area contributed by atoms with Crippen LogP contribution in [0, 0.1) is 0 Å². The molecule has 0 aliphatic carbocycles. The number of hydrogen-bond donors (Lipinski definition) is 1. The Bertz CT molecular complexity index is 5810. The number of halogens is 6. The number of hydrogen-bond acceptors (Lipinski definition) is 23. The van der Waals surface area contributed by atoms with Crippen molar-refractivity contribution < 1.29 is 61.5 Å². The molecular weight excluding hydrogens is 1780 g/mol. The molecule has 0 saturated heterocycles. The number of carbonyl (C=O) groups excluding carboxylic acids is 5. The standard InChI is InChI=1S/C22H21BrN4O3.C21H17BrF2N4O2.C21H19BrN4O3.C21H17BrN4O3/c1-29-13-15-12-25-22-18(7-9-20(28)30-2)26-21(17-5-3-4-10-24-17)16-11-14(23)6-8-19(16)27(15)22;1-30-18(29)8-6-15-21-26-11-17(20(23)24)28(21)16-7-5-12(22)10-13(16)19(27-15)14-4-2-3-9-25-14;2*1-29-19(28)8-6-17-21-24-11-14(12-27)26(21)18-7-5-13(22)10-15(18)20(25-17)16-4-2-3-9-23-16/h3-6,8,10-12,18H,7,9,13H2,1-2H3;2-5,7,9-11,15,20H,6,8H2,1H3;2-5,7,9-11,17,27H,6,8,12H2,1H3;2-5,7,9-12,17H,6,8H2,1H3/t18-;15-;2*17-/m0000/s1. The quantitative estimate of drug-likeness (QED) is 0.0397. The number of aliphatic hydroxyl groups is 1. The molecule has 602 valence electrons. The Morgan fingerprint density at radius 2 is 0.712 bits per heavy atom. The van der Waals surface area contributed by atoms with Crippen LogP contribution >= 0.6 is 63.7 Å². The van der Waals surface area contributed by atoms with Gasteiger partial charge in [0, 0.05) is 97.7 Å². The van der Waals surface area contributed by atoms with Crippen molar-refractivity contribution in [3.63, 3.8) is 0 Å². The van der Waals surface area contributed by atoms with Crippen LogP contribution in [-0.2, 0) is 56.1 Å². The molecule has 0 bridgehead atoms. The van der Waals surface area contributed by atoms with Gasteiger partial charge in [-0.05, 0) is 147 Å². The molecule has 33 heteroatoms. The Morgan fingerprint density at radius 3 is 1.03 bits per heavy atom. The number of imidazole rings is 4. The second-order valence-electron chi connectivity index (χ2n) is 26.6. The van der Waals surface area contributed by atoms with Gasteiger partial charge in [0.15, 0.2) is 6.29 Å². The SMILES string of the molecule is COC(=O)CC[C@@H]1N=C(c2ccccn2)c2cc(Br)ccc2-n2c(C(F)F)cnc21.COC(=O)CC[C@@H]1N=C(c2ccccn2)c2cc(Br)ccc2-n2c(C=O)cnc21.COC(=O)CC[C@@H]1N=C(c2ccccn2)c2cc(Br)ccc2-n2c(CO)cnc21.COCc1cnc2n1-c1ccc(Br)cc1C(c1ccccn1)=N[C@H]2CCC(=O)OC. The highest BCUT2D eigenvalue weighted by atomic mass is 79.9. The summed E-state index contributed by atoms with van der Waals surface area (Å²) >= 11 is 14.1. The fraction of sp³-hybridized carbons (Fsp3) is 0.235. The molecule has 16 rings (SSSR count). The monoisotopic (exact) mass is 1850 g/mol. The molecule has 12 aromatic rings. The largest absolute Gasteiger partial charge is 0.469 e. The summed E-state index contributed by atoms with van der Waals surface area (Å²) in [4.78, 5) is 114. The molecule has 0 spiro atoms. The number of carbonyl (C=O) groups is 5. The third-order valence-corrected chi connectivity index (χ3v) is 21.3. The van der Waals surface area contributed by atoms with Gasteiger partial charge in [0.2, 0.25) is 0 Å². The Kier molecular flexibility index (Phi) is 27.8. The lowest BCUT2D eigenvalue weighted by Gasteiger charge is -2.15. The minimum absolute atomic E-state index is 0.0804. The highest BCUT2D eigenvalue weighted by Gasteiger charge is 2.35. The van der Waals surface area contributed by atoms with Crippen molar-refractivity contribution in [2.45, 2.75) is 95.2 Å². The third-order valence-electron chi connectivity index (χ3n) is 19.3. The molecule has 4 aliphatic heterocycles.